The Bertz CT molecular complexity index is 752. The van der Waals surface area contributed by atoms with Crippen LogP contribution in [0.1, 0.15) is 12.0 Å². The molecule has 27 heavy (non-hydrogen) atoms. The number of guanidine groups is 2. The Kier molecular flexibility index (Phi) is 8.61. The number of rotatable bonds is 4. The maximum absolute atomic E-state index is 11.3. The monoisotopic (exact) mass is 391 g/mol. The van der Waals surface area contributed by atoms with E-state index in [0.29, 0.717) is 24.3 Å². The number of amides is 2. The molecular formula is C16H21N7O3S. The lowest BCUT2D eigenvalue weighted by Gasteiger charge is -2.07. The molecule has 10 nitrogen and oxygen atoms in total. The van der Waals surface area contributed by atoms with E-state index in [4.69, 9.17) is 26.9 Å². The van der Waals surface area contributed by atoms with Crippen molar-refractivity contribution < 1.29 is 14.3 Å². The van der Waals surface area contributed by atoms with Crippen molar-refractivity contribution in [3.63, 3.8) is 0 Å². The molecular weight excluding hydrogens is 370 g/mol. The largest absolute Gasteiger partial charge is 0.494 e. The molecule has 11 heteroatoms. The predicted octanol–water partition coefficient (Wildman–Crippen LogP) is 0.435. The van der Waals surface area contributed by atoms with E-state index >= 15 is 0 Å². The Morgan fingerprint density at radius 2 is 2.00 bits per heavy atom. The van der Waals surface area contributed by atoms with Crippen molar-refractivity contribution in [2.45, 2.75) is 11.7 Å². The lowest BCUT2D eigenvalue weighted by molar-refractivity contribution is -0.119. The summed E-state index contributed by atoms with van der Waals surface area (Å²) in [6.07, 6.45) is 0.474. The molecule has 1 atom stereocenters. The van der Waals surface area contributed by atoms with Crippen LogP contribution in [-0.4, -0.2) is 53.9 Å². The quantitative estimate of drug-likeness (QED) is 0.423. The molecule has 2 amide bonds. The molecule has 1 heterocycles. The molecule has 0 radical (unpaired) electrons. The number of imide groups is 1. The van der Waals surface area contributed by atoms with Crippen LogP contribution in [0, 0.1) is 16.7 Å². The first-order valence-electron chi connectivity index (χ1n) is 7.73. The molecule has 0 aliphatic carbocycles. The number of carbonyl (C=O) groups excluding carboxylic acids is 2. The Balaban J connectivity index is 0.000000345. The van der Waals surface area contributed by atoms with Gasteiger partial charge >= 0.3 is 0 Å². The summed E-state index contributed by atoms with van der Waals surface area (Å²) in [6, 6.07) is 8.74. The summed E-state index contributed by atoms with van der Waals surface area (Å²) in [5.74, 6) is 0.348. The van der Waals surface area contributed by atoms with Crippen molar-refractivity contribution in [1.82, 2.24) is 10.2 Å². The molecule has 0 bridgehead atoms. The molecule has 1 saturated heterocycles. The van der Waals surface area contributed by atoms with E-state index in [0.717, 1.165) is 11.8 Å². The standard InChI is InChI=1S/C12H10N2O3S.C4H11N5/c13-7-8-1-3-9(4-2-8)17-6-5-10-11(15)14-12(16)18-10;1-9(2)4(7)8-3(5)6/h1-4,10H,5-6H2,(H,14,15,16);1-2H3,(H5,5,6,7,8). The van der Waals surface area contributed by atoms with E-state index < -0.39 is 0 Å². The van der Waals surface area contributed by atoms with Gasteiger partial charge in [-0.3, -0.25) is 20.3 Å². The maximum atomic E-state index is 11.3. The number of nitrogens with one attached hydrogen (secondary N) is 2. The highest BCUT2D eigenvalue weighted by atomic mass is 32.2. The van der Waals surface area contributed by atoms with Crippen LogP contribution in [0.2, 0.25) is 0 Å². The zero-order valence-corrected chi connectivity index (χ0v) is 15.7. The highest BCUT2D eigenvalue weighted by molar-refractivity contribution is 8.15. The second kappa shape index (κ2) is 10.7. The minimum atomic E-state index is -0.365. The van der Waals surface area contributed by atoms with E-state index in [9.17, 15) is 9.59 Å². The summed E-state index contributed by atoms with van der Waals surface area (Å²) in [7, 11) is 3.38. The minimum absolute atomic E-state index is 0.0509. The molecule has 0 aromatic heterocycles. The molecule has 0 spiro atoms. The van der Waals surface area contributed by atoms with E-state index in [-0.39, 0.29) is 28.3 Å². The fraction of sp³-hybridized carbons (Fsp3) is 0.312. The van der Waals surface area contributed by atoms with Gasteiger partial charge in [0.15, 0.2) is 5.96 Å². The fourth-order valence-electron chi connectivity index (χ4n) is 1.72. The van der Waals surface area contributed by atoms with Crippen LogP contribution < -0.4 is 21.5 Å². The van der Waals surface area contributed by atoms with Crippen LogP contribution in [-0.2, 0) is 4.79 Å². The average Bonchev–Trinajstić information content (AvgIpc) is 2.93. The van der Waals surface area contributed by atoms with E-state index in [1.165, 1.54) is 4.90 Å². The van der Waals surface area contributed by atoms with Crippen molar-refractivity contribution in [1.29, 1.82) is 10.7 Å². The predicted molar refractivity (Wildman–Crippen MR) is 103 cm³/mol. The van der Waals surface area contributed by atoms with E-state index in [1.807, 2.05) is 6.07 Å². The van der Waals surface area contributed by atoms with Gasteiger partial charge in [-0.15, -0.1) is 0 Å². The van der Waals surface area contributed by atoms with Gasteiger partial charge in [0.25, 0.3) is 5.24 Å². The molecule has 1 unspecified atom stereocenters. The third-order valence-electron chi connectivity index (χ3n) is 3.06. The Labute approximate surface area is 161 Å². The van der Waals surface area contributed by atoms with Crippen molar-refractivity contribution in [2.24, 2.45) is 16.5 Å². The second-order valence-electron chi connectivity index (χ2n) is 5.41. The van der Waals surface area contributed by atoms with Gasteiger partial charge < -0.3 is 21.1 Å². The van der Waals surface area contributed by atoms with Crippen LogP contribution >= 0.6 is 11.8 Å². The van der Waals surface area contributed by atoms with Gasteiger partial charge in [0.1, 0.15) is 5.75 Å². The molecule has 1 aliphatic heterocycles. The molecule has 6 N–H and O–H groups in total. The van der Waals surface area contributed by atoms with Crippen LogP contribution in [0.4, 0.5) is 4.79 Å². The summed E-state index contributed by atoms with van der Waals surface area (Å²) >= 11 is 0.992. The third-order valence-corrected chi connectivity index (χ3v) is 4.11. The fourth-order valence-corrected chi connectivity index (χ4v) is 2.51. The number of nitriles is 1. The van der Waals surface area contributed by atoms with Gasteiger partial charge in [-0.25, -0.2) is 0 Å². The second-order valence-corrected chi connectivity index (χ2v) is 6.59. The van der Waals surface area contributed by atoms with Gasteiger partial charge in [-0.05, 0) is 24.3 Å². The van der Waals surface area contributed by atoms with Gasteiger partial charge in [-0.1, -0.05) is 11.8 Å². The number of hydrogen-bond acceptors (Lipinski definition) is 6. The van der Waals surface area contributed by atoms with Crippen LogP contribution in [0.5, 0.6) is 5.75 Å². The first-order valence-corrected chi connectivity index (χ1v) is 8.61. The number of carbonyl (C=O) groups is 2. The van der Waals surface area contributed by atoms with Gasteiger partial charge in [0.2, 0.25) is 11.9 Å². The smallest absolute Gasteiger partial charge is 0.286 e. The summed E-state index contributed by atoms with van der Waals surface area (Å²) in [5, 5.41) is 17.2. The molecule has 1 aliphatic rings. The first-order chi connectivity index (χ1) is 12.7. The number of nitrogens with two attached hydrogens (primary N) is 2. The third kappa shape index (κ3) is 8.10. The van der Waals surface area contributed by atoms with Crippen LogP contribution in [0.15, 0.2) is 29.3 Å². The summed E-state index contributed by atoms with van der Waals surface area (Å²) < 4.78 is 5.44. The van der Waals surface area contributed by atoms with E-state index in [1.54, 1.807) is 38.4 Å². The first kappa shape index (κ1) is 21.8. The topological polar surface area (TPSA) is 171 Å². The number of ether oxygens (including phenoxy) is 1. The highest BCUT2D eigenvalue weighted by Crippen LogP contribution is 2.22. The van der Waals surface area contributed by atoms with Crippen molar-refractivity contribution in [2.75, 3.05) is 20.7 Å². The molecule has 2 rings (SSSR count). The van der Waals surface area contributed by atoms with Crippen molar-refractivity contribution in [3.05, 3.63) is 29.8 Å². The zero-order chi connectivity index (χ0) is 20.4. The summed E-state index contributed by atoms with van der Waals surface area (Å²) in [6.45, 7) is 0.351. The maximum Gasteiger partial charge on any atom is 0.286 e. The van der Waals surface area contributed by atoms with Crippen LogP contribution in [0.3, 0.4) is 0 Å². The number of aliphatic imine (C=N–C) groups is 1. The van der Waals surface area contributed by atoms with E-state index in [2.05, 4.69) is 10.3 Å². The Morgan fingerprint density at radius 1 is 1.37 bits per heavy atom. The Hall–Kier alpha value is -3.26. The molecule has 1 fully saturated rings. The molecule has 0 saturated carbocycles. The summed E-state index contributed by atoms with van der Waals surface area (Å²) in [5.41, 5.74) is 10.6. The highest BCUT2D eigenvalue weighted by Gasteiger charge is 2.31. The van der Waals surface area contributed by atoms with Crippen LogP contribution in [0.25, 0.3) is 0 Å². The minimum Gasteiger partial charge on any atom is -0.494 e. The van der Waals surface area contributed by atoms with Crippen molar-refractivity contribution in [3.8, 4) is 11.8 Å². The van der Waals surface area contributed by atoms with Gasteiger partial charge in [0, 0.05) is 20.5 Å². The molecule has 1 aromatic carbocycles. The summed E-state index contributed by atoms with van der Waals surface area (Å²) in [4.78, 5) is 27.2. The number of nitrogens with zero attached hydrogens (tertiary/aromatic N) is 3. The normalized spacial score (nSPS) is 14.9. The number of hydrogen-bond donors (Lipinski definition) is 4. The molecule has 1 aromatic rings. The van der Waals surface area contributed by atoms with Crippen molar-refractivity contribution >= 4 is 34.8 Å². The lowest BCUT2D eigenvalue weighted by Crippen LogP contribution is -2.28. The SMILES string of the molecule is CN(C)C(=N)N=C(N)N.N#Cc1ccc(OCCC2SC(=O)NC2=O)cc1. The number of benzene rings is 1. The van der Waals surface area contributed by atoms with Gasteiger partial charge in [-0.2, -0.15) is 10.3 Å². The lowest BCUT2D eigenvalue weighted by atomic mass is 10.2. The molecule has 144 valence electrons. The Morgan fingerprint density at radius 3 is 2.41 bits per heavy atom. The zero-order valence-electron chi connectivity index (χ0n) is 14.9. The number of thioether (sulfide) groups is 1. The average molecular weight is 391 g/mol. The van der Waals surface area contributed by atoms with Gasteiger partial charge in [0.05, 0.1) is 23.5 Å².